The average Bonchev–Trinajstić information content (AvgIpc) is 2.48. The Kier molecular flexibility index (Phi) is 7.27. The van der Waals surface area contributed by atoms with Crippen LogP contribution in [0.25, 0.3) is 0 Å². The predicted octanol–water partition coefficient (Wildman–Crippen LogP) is 3.63. The van der Waals surface area contributed by atoms with Crippen LogP contribution in [0.2, 0.25) is 0 Å². The largest absolute Gasteiger partial charge is 0.465 e. The summed E-state index contributed by atoms with van der Waals surface area (Å²) in [5.41, 5.74) is 0.918. The van der Waals surface area contributed by atoms with E-state index in [1.807, 2.05) is 25.1 Å². The first kappa shape index (κ1) is 19.2. The Bertz CT molecular complexity index is 489. The van der Waals surface area contributed by atoms with Crippen molar-refractivity contribution in [2.45, 2.75) is 41.0 Å². The molecule has 0 aliphatic rings. The van der Waals surface area contributed by atoms with Gasteiger partial charge in [0.05, 0.1) is 13.2 Å². The summed E-state index contributed by atoms with van der Waals surface area (Å²) in [4.78, 5) is 24.6. The Hall–Kier alpha value is -1.84. The maximum atomic E-state index is 12.3. The topological polar surface area (TPSA) is 52.6 Å². The van der Waals surface area contributed by atoms with Gasteiger partial charge in [-0.15, -0.1) is 0 Å². The van der Waals surface area contributed by atoms with Crippen molar-refractivity contribution in [3.8, 4) is 0 Å². The summed E-state index contributed by atoms with van der Waals surface area (Å²) >= 11 is 0. The smallest absolute Gasteiger partial charge is 0.320 e. The van der Waals surface area contributed by atoms with Gasteiger partial charge < -0.3 is 9.47 Å². The molecule has 0 amide bonds. The summed E-state index contributed by atoms with van der Waals surface area (Å²) in [6.45, 7) is 10.0. The normalized spacial score (nSPS) is 12.8. The minimum Gasteiger partial charge on any atom is -0.465 e. The Morgan fingerprint density at radius 2 is 1.48 bits per heavy atom. The third-order valence-electron chi connectivity index (χ3n) is 4.32. The molecule has 0 spiro atoms. The standard InChI is InChI=1S/C19H28O4/c1-6-22-17(20)16(18(21)23-7-2)14(3)19(4,5)13-15-11-9-8-10-12-15/h8-12,14,16H,6-7,13H2,1-5H3. The highest BCUT2D eigenvalue weighted by Crippen LogP contribution is 2.37. The number of rotatable bonds is 8. The van der Waals surface area contributed by atoms with Gasteiger partial charge in [0.25, 0.3) is 0 Å². The van der Waals surface area contributed by atoms with Crippen LogP contribution in [0.3, 0.4) is 0 Å². The zero-order valence-electron chi connectivity index (χ0n) is 14.8. The SMILES string of the molecule is CCOC(=O)C(C(=O)OCC)C(C)C(C)(C)Cc1ccccc1. The lowest BCUT2D eigenvalue weighted by Gasteiger charge is -2.35. The molecule has 0 radical (unpaired) electrons. The summed E-state index contributed by atoms with van der Waals surface area (Å²) in [5.74, 6) is -2.10. The van der Waals surface area contributed by atoms with Crippen molar-refractivity contribution in [3.63, 3.8) is 0 Å². The molecule has 0 saturated heterocycles. The van der Waals surface area contributed by atoms with Crippen molar-refractivity contribution in [2.75, 3.05) is 13.2 Å². The zero-order valence-corrected chi connectivity index (χ0v) is 14.8. The van der Waals surface area contributed by atoms with Crippen molar-refractivity contribution in [2.24, 2.45) is 17.3 Å². The molecule has 1 aromatic rings. The molecule has 0 aromatic heterocycles. The highest BCUT2D eigenvalue weighted by molar-refractivity contribution is 5.95. The second-order valence-corrected chi connectivity index (χ2v) is 6.42. The third kappa shape index (κ3) is 5.38. The fraction of sp³-hybridized carbons (Fsp3) is 0.579. The number of hydrogen-bond donors (Lipinski definition) is 0. The molecule has 4 nitrogen and oxygen atoms in total. The molecule has 0 saturated carbocycles. The van der Waals surface area contributed by atoms with Gasteiger partial charge in [0.2, 0.25) is 0 Å². The van der Waals surface area contributed by atoms with E-state index in [9.17, 15) is 9.59 Å². The van der Waals surface area contributed by atoms with E-state index >= 15 is 0 Å². The van der Waals surface area contributed by atoms with E-state index in [1.165, 1.54) is 5.56 Å². The number of carbonyl (C=O) groups excluding carboxylic acids is 2. The number of hydrogen-bond acceptors (Lipinski definition) is 4. The molecule has 0 aliphatic carbocycles. The maximum Gasteiger partial charge on any atom is 0.320 e. The van der Waals surface area contributed by atoms with E-state index in [1.54, 1.807) is 13.8 Å². The lowest BCUT2D eigenvalue weighted by atomic mass is 9.69. The van der Waals surface area contributed by atoms with Crippen LogP contribution in [-0.2, 0) is 25.5 Å². The molecule has 128 valence electrons. The van der Waals surface area contributed by atoms with E-state index in [-0.39, 0.29) is 24.5 Å². The Balaban J connectivity index is 2.98. The number of esters is 2. The highest BCUT2D eigenvalue weighted by Gasteiger charge is 2.42. The van der Waals surface area contributed by atoms with Gasteiger partial charge in [-0.3, -0.25) is 9.59 Å². The van der Waals surface area contributed by atoms with Crippen LogP contribution < -0.4 is 0 Å². The molecule has 1 rings (SSSR count). The van der Waals surface area contributed by atoms with Crippen LogP contribution in [0.15, 0.2) is 30.3 Å². The third-order valence-corrected chi connectivity index (χ3v) is 4.32. The lowest BCUT2D eigenvalue weighted by molar-refractivity contribution is -0.166. The Labute approximate surface area is 139 Å². The zero-order chi connectivity index (χ0) is 17.5. The van der Waals surface area contributed by atoms with E-state index in [2.05, 4.69) is 26.0 Å². The van der Waals surface area contributed by atoms with Crippen LogP contribution in [-0.4, -0.2) is 25.2 Å². The minimum absolute atomic E-state index is 0.208. The van der Waals surface area contributed by atoms with Gasteiger partial charge in [0.15, 0.2) is 5.92 Å². The van der Waals surface area contributed by atoms with Crippen molar-refractivity contribution in [1.29, 1.82) is 0 Å². The molecule has 4 heteroatoms. The second kappa shape index (κ2) is 8.70. The monoisotopic (exact) mass is 320 g/mol. The molecule has 1 atom stereocenters. The highest BCUT2D eigenvalue weighted by atomic mass is 16.6. The predicted molar refractivity (Wildman–Crippen MR) is 89.8 cm³/mol. The van der Waals surface area contributed by atoms with Gasteiger partial charge in [-0.1, -0.05) is 51.1 Å². The van der Waals surface area contributed by atoms with Crippen molar-refractivity contribution < 1.29 is 19.1 Å². The number of carbonyl (C=O) groups is 2. The molecular weight excluding hydrogens is 292 g/mol. The van der Waals surface area contributed by atoms with Crippen LogP contribution in [0.4, 0.5) is 0 Å². The molecule has 23 heavy (non-hydrogen) atoms. The van der Waals surface area contributed by atoms with Crippen molar-refractivity contribution >= 4 is 11.9 Å². The van der Waals surface area contributed by atoms with Gasteiger partial charge in [-0.2, -0.15) is 0 Å². The van der Waals surface area contributed by atoms with Crippen molar-refractivity contribution in [1.82, 2.24) is 0 Å². The molecule has 0 heterocycles. The van der Waals surface area contributed by atoms with Crippen molar-refractivity contribution in [3.05, 3.63) is 35.9 Å². The molecule has 0 aliphatic heterocycles. The van der Waals surface area contributed by atoms with Gasteiger partial charge in [0.1, 0.15) is 0 Å². The maximum absolute atomic E-state index is 12.3. The second-order valence-electron chi connectivity index (χ2n) is 6.42. The number of benzene rings is 1. The average molecular weight is 320 g/mol. The van der Waals surface area contributed by atoms with Crippen LogP contribution in [0.5, 0.6) is 0 Å². The fourth-order valence-electron chi connectivity index (χ4n) is 2.70. The first-order chi connectivity index (χ1) is 10.8. The summed E-state index contributed by atoms with van der Waals surface area (Å²) < 4.78 is 10.2. The summed E-state index contributed by atoms with van der Waals surface area (Å²) in [7, 11) is 0. The van der Waals surface area contributed by atoms with Gasteiger partial charge in [-0.05, 0) is 37.2 Å². The lowest BCUT2D eigenvalue weighted by Crippen LogP contribution is -2.40. The summed E-state index contributed by atoms with van der Waals surface area (Å²) in [6.07, 6.45) is 0.768. The summed E-state index contributed by atoms with van der Waals surface area (Å²) in [6, 6.07) is 10.1. The first-order valence-electron chi connectivity index (χ1n) is 8.20. The molecule has 0 bridgehead atoms. The molecule has 1 unspecified atom stereocenters. The van der Waals surface area contributed by atoms with E-state index in [0.717, 1.165) is 6.42 Å². The molecule has 1 aromatic carbocycles. The van der Waals surface area contributed by atoms with E-state index < -0.39 is 17.9 Å². The van der Waals surface area contributed by atoms with E-state index in [4.69, 9.17) is 9.47 Å². The Morgan fingerprint density at radius 3 is 1.91 bits per heavy atom. The quantitative estimate of drug-likeness (QED) is 0.542. The van der Waals surface area contributed by atoms with Gasteiger partial charge in [-0.25, -0.2) is 0 Å². The summed E-state index contributed by atoms with van der Waals surface area (Å²) in [5, 5.41) is 0. The molecule has 0 N–H and O–H groups in total. The van der Waals surface area contributed by atoms with Gasteiger partial charge in [0, 0.05) is 0 Å². The Morgan fingerprint density at radius 1 is 1.00 bits per heavy atom. The van der Waals surface area contributed by atoms with Crippen LogP contribution >= 0.6 is 0 Å². The van der Waals surface area contributed by atoms with Crippen LogP contribution in [0, 0.1) is 17.3 Å². The minimum atomic E-state index is -0.895. The number of ether oxygens (including phenoxy) is 2. The van der Waals surface area contributed by atoms with E-state index in [0.29, 0.717) is 0 Å². The molecule has 0 fully saturated rings. The first-order valence-corrected chi connectivity index (χ1v) is 8.20. The van der Waals surface area contributed by atoms with Crippen LogP contribution in [0.1, 0.15) is 40.2 Å². The fourth-order valence-corrected chi connectivity index (χ4v) is 2.70. The van der Waals surface area contributed by atoms with Gasteiger partial charge >= 0.3 is 11.9 Å². The molecular formula is C19H28O4.